The lowest BCUT2D eigenvalue weighted by atomic mass is 9.89. The number of esters is 3. The first-order chi connectivity index (χ1) is 24.7. The first-order valence-corrected chi connectivity index (χ1v) is 21.4. The minimum Gasteiger partial charge on any atom is -0.465 e. The molecule has 306 valence electrons. The third-order valence-electron chi connectivity index (χ3n) is 10.3. The van der Waals surface area contributed by atoms with Gasteiger partial charge in [-0.1, -0.05) is 107 Å². The smallest absolute Gasteiger partial charge is 0.306 e. The van der Waals surface area contributed by atoms with Gasteiger partial charge in [-0.05, 0) is 93.3 Å². The zero-order valence-electron chi connectivity index (χ0n) is 35.7. The molecule has 3 atom stereocenters. The predicted octanol–water partition coefficient (Wildman–Crippen LogP) is 11.2. The van der Waals surface area contributed by atoms with E-state index in [2.05, 4.69) is 60.4 Å². The van der Waals surface area contributed by atoms with E-state index in [1.165, 1.54) is 12.8 Å². The Morgan fingerprint density at radius 1 is 0.538 bits per heavy atom. The van der Waals surface area contributed by atoms with Crippen LogP contribution in [0.5, 0.6) is 0 Å². The van der Waals surface area contributed by atoms with Crippen LogP contribution in [0.1, 0.15) is 184 Å². The second kappa shape index (κ2) is 32.3. The van der Waals surface area contributed by atoms with Crippen LogP contribution in [0.15, 0.2) is 4.99 Å². The van der Waals surface area contributed by atoms with Crippen molar-refractivity contribution in [2.45, 2.75) is 190 Å². The maximum Gasteiger partial charge on any atom is 0.306 e. The molecule has 0 bridgehead atoms. The Kier molecular flexibility index (Phi) is 31.0. The average Bonchev–Trinajstić information content (AvgIpc) is 3.06. The van der Waals surface area contributed by atoms with E-state index in [1.807, 2.05) is 11.9 Å². The van der Waals surface area contributed by atoms with Gasteiger partial charge >= 0.3 is 17.9 Å². The number of hydrogen-bond acceptors (Lipinski definition) is 7. The van der Waals surface area contributed by atoms with Gasteiger partial charge in [-0.3, -0.25) is 19.4 Å². The molecule has 52 heavy (non-hydrogen) atoms. The maximum absolute atomic E-state index is 12.7. The van der Waals surface area contributed by atoms with Crippen molar-refractivity contribution in [2.75, 3.05) is 33.9 Å². The van der Waals surface area contributed by atoms with Crippen molar-refractivity contribution in [3.63, 3.8) is 0 Å². The fourth-order valence-corrected chi connectivity index (χ4v) is 6.44. The minimum absolute atomic E-state index is 0.0541. The molecule has 8 nitrogen and oxygen atoms in total. The van der Waals surface area contributed by atoms with E-state index < -0.39 is 0 Å². The van der Waals surface area contributed by atoms with Gasteiger partial charge in [0, 0.05) is 39.9 Å². The van der Waals surface area contributed by atoms with Gasteiger partial charge in [0.15, 0.2) is 0 Å². The van der Waals surface area contributed by atoms with E-state index in [0.717, 1.165) is 103 Å². The number of carbonyl (C=O) groups is 3. The molecule has 0 aromatic rings. The quantitative estimate of drug-likeness (QED) is 0.0213. The number of hydrogen-bond donors (Lipinski definition) is 0. The summed E-state index contributed by atoms with van der Waals surface area (Å²) in [7, 11) is 3.70. The highest BCUT2D eigenvalue weighted by atomic mass is 16.5. The van der Waals surface area contributed by atoms with Gasteiger partial charge in [0.1, 0.15) is 6.10 Å². The van der Waals surface area contributed by atoms with Gasteiger partial charge in [-0.25, -0.2) is 0 Å². The molecule has 0 heterocycles. The first-order valence-electron chi connectivity index (χ1n) is 21.4. The third kappa shape index (κ3) is 30.4. The van der Waals surface area contributed by atoms with E-state index in [4.69, 9.17) is 14.2 Å². The summed E-state index contributed by atoms with van der Waals surface area (Å²) in [5, 5.41) is 0. The average molecular weight is 737 g/mol. The molecule has 0 radical (unpaired) electrons. The van der Waals surface area contributed by atoms with Crippen molar-refractivity contribution < 1.29 is 28.6 Å². The molecular formula is C44H84N2O6. The van der Waals surface area contributed by atoms with Crippen molar-refractivity contribution in [3.05, 3.63) is 0 Å². The second-order valence-corrected chi connectivity index (χ2v) is 17.0. The topological polar surface area (TPSA) is 94.5 Å². The van der Waals surface area contributed by atoms with Crippen molar-refractivity contribution in [2.24, 2.45) is 40.5 Å². The molecule has 8 heteroatoms. The number of rotatable bonds is 34. The van der Waals surface area contributed by atoms with Crippen molar-refractivity contribution in [1.29, 1.82) is 0 Å². The Balaban J connectivity index is 4.48. The first kappa shape index (κ1) is 49.9. The van der Waals surface area contributed by atoms with Gasteiger partial charge in [0.2, 0.25) is 0 Å². The number of unbranched alkanes of at least 4 members (excludes halogenated alkanes) is 8. The van der Waals surface area contributed by atoms with E-state index >= 15 is 0 Å². The third-order valence-corrected chi connectivity index (χ3v) is 10.3. The van der Waals surface area contributed by atoms with Crippen LogP contribution in [0.4, 0.5) is 0 Å². The van der Waals surface area contributed by atoms with Crippen LogP contribution in [0.3, 0.4) is 0 Å². The summed E-state index contributed by atoms with van der Waals surface area (Å²) in [6.45, 7) is 19.7. The highest BCUT2D eigenvalue weighted by molar-refractivity contribution is 5.70. The second-order valence-electron chi connectivity index (χ2n) is 17.0. The molecule has 0 aromatic carbocycles. The van der Waals surface area contributed by atoms with Crippen LogP contribution in [-0.4, -0.2) is 69.1 Å². The number of aliphatic imine (C=N–C) groups is 1. The maximum atomic E-state index is 12.7. The van der Waals surface area contributed by atoms with E-state index in [1.54, 1.807) is 13.4 Å². The van der Waals surface area contributed by atoms with Gasteiger partial charge < -0.3 is 19.1 Å². The van der Waals surface area contributed by atoms with Gasteiger partial charge in [-0.15, -0.1) is 0 Å². The van der Waals surface area contributed by atoms with Gasteiger partial charge in [0.05, 0.1) is 19.6 Å². The standard InChI is InChI=1S/C44H84N2O6/c1-35(2)27-29-39(37(5)6)32-50-42(47)24-19-15-11-13-17-22-41(52-44(49)26-21-31-46(10)34-45-9)23-18-14-12-16-20-25-43(48)51-33-40(38(7)8)30-28-36(3)4/h34-41H,11-33H2,1-10H3/b45-34-/t39-,40?,41?/m0/s1. The largest absolute Gasteiger partial charge is 0.465 e. The van der Waals surface area contributed by atoms with Crippen molar-refractivity contribution in [3.8, 4) is 0 Å². The molecule has 0 aliphatic rings. The summed E-state index contributed by atoms with van der Waals surface area (Å²) in [5.41, 5.74) is 0. The molecule has 0 saturated carbocycles. The fourth-order valence-electron chi connectivity index (χ4n) is 6.44. The molecule has 0 amide bonds. The summed E-state index contributed by atoms with van der Waals surface area (Å²) in [5.74, 6) is 3.01. The van der Waals surface area contributed by atoms with Crippen LogP contribution in [-0.2, 0) is 28.6 Å². The Morgan fingerprint density at radius 2 is 0.942 bits per heavy atom. The van der Waals surface area contributed by atoms with Crippen LogP contribution in [0.2, 0.25) is 0 Å². The van der Waals surface area contributed by atoms with Crippen molar-refractivity contribution >= 4 is 24.2 Å². The SMILES string of the molecule is C/N=C\N(C)CCCC(=O)OC(CCCCCCCC(=O)OCC(CCC(C)C)C(C)C)CCCCCCCC(=O)OC[C@H](CCC(C)C)C(C)C. The number of ether oxygens (including phenoxy) is 3. The predicted molar refractivity (Wildman–Crippen MR) is 218 cm³/mol. The Hall–Kier alpha value is -2.12. The minimum atomic E-state index is -0.114. The molecule has 0 fully saturated rings. The number of nitrogens with zero attached hydrogens (tertiary/aromatic N) is 2. The highest BCUT2D eigenvalue weighted by Crippen LogP contribution is 2.23. The lowest BCUT2D eigenvalue weighted by Gasteiger charge is -2.21. The normalized spacial score (nSPS) is 13.7. The van der Waals surface area contributed by atoms with Crippen molar-refractivity contribution in [1.82, 2.24) is 4.90 Å². The van der Waals surface area contributed by atoms with E-state index in [0.29, 0.717) is 68.0 Å². The Bertz CT molecular complexity index is 864. The molecule has 2 unspecified atom stereocenters. The van der Waals surface area contributed by atoms with Gasteiger partial charge in [0.25, 0.3) is 0 Å². The molecule has 0 aliphatic heterocycles. The zero-order valence-corrected chi connectivity index (χ0v) is 35.7. The van der Waals surface area contributed by atoms with Crippen LogP contribution in [0.25, 0.3) is 0 Å². The summed E-state index contributed by atoms with van der Waals surface area (Å²) in [6, 6.07) is 0. The highest BCUT2D eigenvalue weighted by Gasteiger charge is 2.18. The summed E-state index contributed by atoms with van der Waals surface area (Å²) < 4.78 is 17.3. The zero-order chi connectivity index (χ0) is 39.1. The van der Waals surface area contributed by atoms with E-state index in [9.17, 15) is 14.4 Å². The molecule has 0 saturated heterocycles. The monoisotopic (exact) mass is 737 g/mol. The fraction of sp³-hybridized carbons (Fsp3) is 0.909. The molecule has 0 aliphatic carbocycles. The molecule has 0 N–H and O–H groups in total. The summed E-state index contributed by atoms with van der Waals surface area (Å²) in [4.78, 5) is 43.4. The van der Waals surface area contributed by atoms with Crippen LogP contribution >= 0.6 is 0 Å². The van der Waals surface area contributed by atoms with Crippen LogP contribution < -0.4 is 0 Å². The number of carbonyl (C=O) groups excluding carboxylic acids is 3. The Labute approximate surface area is 321 Å². The van der Waals surface area contributed by atoms with Gasteiger partial charge in [-0.2, -0.15) is 0 Å². The summed E-state index contributed by atoms with van der Waals surface area (Å²) in [6.07, 6.45) is 20.2. The Morgan fingerprint density at radius 3 is 1.35 bits per heavy atom. The molecular weight excluding hydrogens is 652 g/mol. The molecule has 0 aromatic heterocycles. The molecule has 0 spiro atoms. The lowest BCUT2D eigenvalue weighted by molar-refractivity contribution is -0.150. The summed E-state index contributed by atoms with van der Waals surface area (Å²) >= 11 is 0. The van der Waals surface area contributed by atoms with Crippen LogP contribution in [0, 0.1) is 35.5 Å². The van der Waals surface area contributed by atoms with E-state index in [-0.39, 0.29) is 24.0 Å². The lowest BCUT2D eigenvalue weighted by Crippen LogP contribution is -2.21. The molecule has 0 rings (SSSR count).